The molecule has 0 bridgehead atoms. The standard InChI is InChI=1S/C33H46N2O3/c1-25-9-8-23-35(25)24-19-26-11-13-27(14-12-26)28-15-17-29(18-16-28)33(20-5-6-21-33)31(37)34-22-7-10-30(36)38-32(2,3)4/h11-18,25H,5-10,19-24H2,1-4H3,(H,34,37). The number of hydrogen-bond donors (Lipinski definition) is 1. The van der Waals surface area contributed by atoms with E-state index in [1.807, 2.05) is 20.8 Å². The van der Waals surface area contributed by atoms with Crippen LogP contribution in [-0.2, 0) is 26.2 Å². The summed E-state index contributed by atoms with van der Waals surface area (Å²) in [6.07, 6.45) is 8.51. The first kappa shape index (κ1) is 28.4. The Morgan fingerprint density at radius 1 is 0.974 bits per heavy atom. The lowest BCUT2D eigenvalue weighted by molar-refractivity contribution is -0.155. The van der Waals surface area contributed by atoms with E-state index in [1.54, 1.807) is 0 Å². The van der Waals surface area contributed by atoms with E-state index in [0.717, 1.165) is 50.3 Å². The molecule has 0 aromatic heterocycles. The molecule has 2 aromatic rings. The summed E-state index contributed by atoms with van der Waals surface area (Å²) in [5.41, 5.74) is 3.93. The van der Waals surface area contributed by atoms with Gasteiger partial charge in [0.1, 0.15) is 5.60 Å². The van der Waals surface area contributed by atoms with Crippen LogP contribution in [0, 0.1) is 0 Å². The third-order valence-corrected chi connectivity index (χ3v) is 8.26. The normalized spacial score (nSPS) is 19.4. The second-order valence-corrected chi connectivity index (χ2v) is 12.3. The first-order valence-electron chi connectivity index (χ1n) is 14.6. The van der Waals surface area contributed by atoms with Gasteiger partial charge in [0.05, 0.1) is 5.41 Å². The molecule has 4 rings (SSSR count). The Kier molecular flexibility index (Phi) is 9.30. The summed E-state index contributed by atoms with van der Waals surface area (Å²) in [6.45, 7) is 10.8. The third kappa shape index (κ3) is 7.25. The van der Waals surface area contributed by atoms with Gasteiger partial charge in [0, 0.05) is 25.6 Å². The Hall–Kier alpha value is -2.66. The van der Waals surface area contributed by atoms with Crippen LogP contribution in [0.15, 0.2) is 48.5 Å². The highest BCUT2D eigenvalue weighted by molar-refractivity contribution is 5.88. The summed E-state index contributed by atoms with van der Waals surface area (Å²) in [4.78, 5) is 28.0. The van der Waals surface area contributed by atoms with Gasteiger partial charge in [-0.3, -0.25) is 9.59 Å². The number of nitrogens with zero attached hydrogens (tertiary/aromatic N) is 1. The molecule has 2 aromatic carbocycles. The first-order chi connectivity index (χ1) is 18.2. The zero-order chi connectivity index (χ0) is 27.2. The summed E-state index contributed by atoms with van der Waals surface area (Å²) in [5.74, 6) is -0.129. The summed E-state index contributed by atoms with van der Waals surface area (Å²) < 4.78 is 5.37. The largest absolute Gasteiger partial charge is 0.460 e. The number of likely N-dealkylation sites (tertiary alicyclic amines) is 1. The molecular formula is C33H46N2O3. The number of hydrogen-bond acceptors (Lipinski definition) is 4. The van der Waals surface area contributed by atoms with Crippen molar-refractivity contribution in [3.63, 3.8) is 0 Å². The molecule has 1 saturated carbocycles. The van der Waals surface area contributed by atoms with Crippen LogP contribution in [0.2, 0.25) is 0 Å². The summed E-state index contributed by atoms with van der Waals surface area (Å²) in [6, 6.07) is 18.3. The van der Waals surface area contributed by atoms with E-state index >= 15 is 0 Å². The number of amides is 1. The van der Waals surface area contributed by atoms with Crippen LogP contribution in [0.4, 0.5) is 0 Å². The van der Waals surface area contributed by atoms with E-state index in [2.05, 4.69) is 65.7 Å². The molecule has 1 heterocycles. The summed E-state index contributed by atoms with van der Waals surface area (Å²) >= 11 is 0. The monoisotopic (exact) mass is 518 g/mol. The highest BCUT2D eigenvalue weighted by Crippen LogP contribution is 2.42. The Morgan fingerprint density at radius 2 is 1.61 bits per heavy atom. The van der Waals surface area contributed by atoms with Crippen molar-refractivity contribution in [2.75, 3.05) is 19.6 Å². The summed E-state index contributed by atoms with van der Waals surface area (Å²) in [7, 11) is 0. The Labute approximate surface area is 229 Å². The average Bonchev–Trinajstić information content (AvgIpc) is 3.55. The Balaban J connectivity index is 1.33. The van der Waals surface area contributed by atoms with Crippen molar-refractivity contribution in [3.8, 4) is 11.1 Å². The molecule has 1 amide bonds. The number of benzene rings is 2. The van der Waals surface area contributed by atoms with Crippen molar-refractivity contribution >= 4 is 11.9 Å². The molecule has 0 radical (unpaired) electrons. The smallest absolute Gasteiger partial charge is 0.306 e. The molecule has 5 heteroatoms. The lowest BCUT2D eigenvalue weighted by Crippen LogP contribution is -2.43. The van der Waals surface area contributed by atoms with Crippen molar-refractivity contribution in [1.29, 1.82) is 0 Å². The van der Waals surface area contributed by atoms with Gasteiger partial charge in [0.25, 0.3) is 0 Å². The van der Waals surface area contributed by atoms with Crippen LogP contribution in [0.1, 0.15) is 90.2 Å². The van der Waals surface area contributed by atoms with Gasteiger partial charge in [0.2, 0.25) is 5.91 Å². The van der Waals surface area contributed by atoms with Crippen molar-refractivity contribution in [3.05, 3.63) is 59.7 Å². The molecule has 1 unspecified atom stereocenters. The van der Waals surface area contributed by atoms with Crippen molar-refractivity contribution in [2.45, 2.75) is 103 Å². The van der Waals surface area contributed by atoms with Crippen LogP contribution in [0.5, 0.6) is 0 Å². The van der Waals surface area contributed by atoms with Crippen LogP contribution in [-0.4, -0.2) is 48.1 Å². The molecule has 1 atom stereocenters. The van der Waals surface area contributed by atoms with E-state index in [-0.39, 0.29) is 11.9 Å². The quantitative estimate of drug-likeness (QED) is 0.291. The van der Waals surface area contributed by atoms with Gasteiger partial charge in [0.15, 0.2) is 0 Å². The van der Waals surface area contributed by atoms with E-state index in [1.165, 1.54) is 36.1 Å². The predicted molar refractivity (Wildman–Crippen MR) is 154 cm³/mol. The topological polar surface area (TPSA) is 58.6 Å². The molecule has 1 saturated heterocycles. The summed E-state index contributed by atoms with van der Waals surface area (Å²) in [5, 5.41) is 3.12. The first-order valence-corrected chi connectivity index (χ1v) is 14.6. The predicted octanol–water partition coefficient (Wildman–Crippen LogP) is 6.43. The zero-order valence-electron chi connectivity index (χ0n) is 23.9. The van der Waals surface area contributed by atoms with E-state index in [4.69, 9.17) is 4.74 Å². The van der Waals surface area contributed by atoms with Crippen LogP contribution < -0.4 is 5.32 Å². The fourth-order valence-electron chi connectivity index (χ4n) is 6.06. The minimum Gasteiger partial charge on any atom is -0.460 e. The second kappa shape index (κ2) is 12.5. The highest BCUT2D eigenvalue weighted by Gasteiger charge is 2.42. The number of rotatable bonds is 10. The molecule has 1 aliphatic heterocycles. The number of carbonyl (C=O) groups is 2. The minimum atomic E-state index is -0.478. The van der Waals surface area contributed by atoms with Gasteiger partial charge >= 0.3 is 5.97 Å². The fraction of sp³-hybridized carbons (Fsp3) is 0.576. The molecular weight excluding hydrogens is 472 g/mol. The average molecular weight is 519 g/mol. The van der Waals surface area contributed by atoms with Gasteiger partial charge in [-0.25, -0.2) is 0 Å². The maximum atomic E-state index is 13.4. The lowest BCUT2D eigenvalue weighted by Gasteiger charge is -2.28. The number of ether oxygens (including phenoxy) is 1. The number of carbonyl (C=O) groups excluding carboxylic acids is 2. The van der Waals surface area contributed by atoms with Gasteiger partial charge in [-0.15, -0.1) is 0 Å². The molecule has 1 N–H and O–H groups in total. The van der Waals surface area contributed by atoms with Gasteiger partial charge in [-0.2, -0.15) is 0 Å². The highest BCUT2D eigenvalue weighted by atomic mass is 16.6. The van der Waals surface area contributed by atoms with Gasteiger partial charge in [-0.05, 0) is 95.0 Å². The molecule has 0 spiro atoms. The van der Waals surface area contributed by atoms with Crippen LogP contribution >= 0.6 is 0 Å². The third-order valence-electron chi connectivity index (χ3n) is 8.26. The number of nitrogens with one attached hydrogen (secondary N) is 1. The molecule has 2 aliphatic rings. The van der Waals surface area contributed by atoms with Crippen LogP contribution in [0.3, 0.4) is 0 Å². The minimum absolute atomic E-state index is 0.0867. The molecule has 2 fully saturated rings. The molecule has 38 heavy (non-hydrogen) atoms. The molecule has 5 nitrogen and oxygen atoms in total. The second-order valence-electron chi connectivity index (χ2n) is 12.3. The van der Waals surface area contributed by atoms with E-state index in [0.29, 0.717) is 19.4 Å². The van der Waals surface area contributed by atoms with Gasteiger partial charge in [-0.1, -0.05) is 61.4 Å². The van der Waals surface area contributed by atoms with E-state index in [9.17, 15) is 9.59 Å². The maximum Gasteiger partial charge on any atom is 0.306 e. The Bertz CT molecular complexity index is 1060. The molecule has 1 aliphatic carbocycles. The van der Waals surface area contributed by atoms with E-state index < -0.39 is 11.0 Å². The number of esters is 1. The fourth-order valence-corrected chi connectivity index (χ4v) is 6.06. The lowest BCUT2D eigenvalue weighted by atomic mass is 9.77. The van der Waals surface area contributed by atoms with Crippen molar-refractivity contribution < 1.29 is 14.3 Å². The van der Waals surface area contributed by atoms with Crippen molar-refractivity contribution in [2.24, 2.45) is 0 Å². The molecule has 206 valence electrons. The van der Waals surface area contributed by atoms with Crippen molar-refractivity contribution in [1.82, 2.24) is 10.2 Å². The maximum absolute atomic E-state index is 13.4. The SMILES string of the molecule is CC1CCCN1CCc1ccc(-c2ccc(C3(C(=O)NCCCC(=O)OC(C)(C)C)CCCC3)cc2)cc1. The Morgan fingerprint density at radius 3 is 2.18 bits per heavy atom. The zero-order valence-corrected chi connectivity index (χ0v) is 23.9. The van der Waals surface area contributed by atoms with Gasteiger partial charge < -0.3 is 15.0 Å². The van der Waals surface area contributed by atoms with Crippen LogP contribution in [0.25, 0.3) is 11.1 Å².